The van der Waals surface area contributed by atoms with Gasteiger partial charge in [0, 0.05) is 31.2 Å². The summed E-state index contributed by atoms with van der Waals surface area (Å²) in [6, 6.07) is 2.48. The summed E-state index contributed by atoms with van der Waals surface area (Å²) in [5.74, 6) is -0.0256. The minimum Gasteiger partial charge on any atom is -0.341 e. The van der Waals surface area contributed by atoms with Crippen LogP contribution in [0, 0.1) is 0 Å². The van der Waals surface area contributed by atoms with E-state index in [1.54, 1.807) is 36.4 Å². The number of anilines is 1. The van der Waals surface area contributed by atoms with Gasteiger partial charge in [-0.1, -0.05) is 0 Å². The first kappa shape index (κ1) is 13.3. The van der Waals surface area contributed by atoms with Crippen LogP contribution < -0.4 is 10.6 Å². The molecule has 0 spiro atoms. The second kappa shape index (κ2) is 6.17. The van der Waals surface area contributed by atoms with E-state index in [4.69, 9.17) is 0 Å². The van der Waals surface area contributed by atoms with Crippen LogP contribution in [-0.2, 0) is 4.79 Å². The van der Waals surface area contributed by atoms with E-state index in [0.717, 1.165) is 25.9 Å². The molecule has 2 rings (SSSR count). The first-order valence-electron chi connectivity index (χ1n) is 6.43. The van der Waals surface area contributed by atoms with Crippen LogP contribution in [0.5, 0.6) is 0 Å². The molecule has 0 bridgehead atoms. The summed E-state index contributed by atoms with van der Waals surface area (Å²) in [5, 5.41) is 5.30. The Hall–Kier alpha value is -2.11. The minimum atomic E-state index is -0.514. The summed E-state index contributed by atoms with van der Waals surface area (Å²) >= 11 is 0. The van der Waals surface area contributed by atoms with Crippen molar-refractivity contribution in [3.05, 3.63) is 24.5 Å². The number of nitrogens with one attached hydrogen (secondary N) is 2. The number of urea groups is 1. The zero-order valence-corrected chi connectivity index (χ0v) is 10.9. The molecule has 0 saturated carbocycles. The second-order valence-electron chi connectivity index (χ2n) is 4.59. The lowest BCUT2D eigenvalue weighted by Gasteiger charge is -2.21. The maximum atomic E-state index is 12.0. The third-order valence-corrected chi connectivity index (χ3v) is 3.07. The Morgan fingerprint density at radius 3 is 2.53 bits per heavy atom. The lowest BCUT2D eigenvalue weighted by Crippen LogP contribution is -2.47. The molecule has 1 fully saturated rings. The van der Waals surface area contributed by atoms with Crippen molar-refractivity contribution in [1.29, 1.82) is 0 Å². The van der Waals surface area contributed by atoms with Gasteiger partial charge in [0.1, 0.15) is 6.04 Å². The average molecular weight is 262 g/mol. The molecule has 1 atom stereocenters. The molecule has 2 N–H and O–H groups in total. The molecule has 102 valence electrons. The summed E-state index contributed by atoms with van der Waals surface area (Å²) in [5.41, 5.74) is 0.647. The third kappa shape index (κ3) is 3.67. The van der Waals surface area contributed by atoms with Crippen molar-refractivity contribution < 1.29 is 9.59 Å². The fourth-order valence-electron chi connectivity index (χ4n) is 2.07. The maximum absolute atomic E-state index is 12.0. The topological polar surface area (TPSA) is 74.3 Å². The zero-order chi connectivity index (χ0) is 13.7. The summed E-state index contributed by atoms with van der Waals surface area (Å²) in [7, 11) is 0. The Labute approximate surface area is 112 Å². The number of carbonyl (C=O) groups is 2. The van der Waals surface area contributed by atoms with Crippen molar-refractivity contribution in [1.82, 2.24) is 15.2 Å². The molecule has 1 aromatic heterocycles. The third-order valence-electron chi connectivity index (χ3n) is 3.07. The highest BCUT2D eigenvalue weighted by Gasteiger charge is 2.24. The Morgan fingerprint density at radius 1 is 1.26 bits per heavy atom. The maximum Gasteiger partial charge on any atom is 0.319 e. The number of carbonyl (C=O) groups excluding carboxylic acids is 2. The predicted octanol–water partition coefficient (Wildman–Crippen LogP) is 1.21. The minimum absolute atomic E-state index is 0.0256. The van der Waals surface area contributed by atoms with Crippen LogP contribution in [0.1, 0.15) is 19.8 Å². The summed E-state index contributed by atoms with van der Waals surface area (Å²) in [6.45, 7) is 3.28. The lowest BCUT2D eigenvalue weighted by atomic mass is 10.3. The molecule has 0 radical (unpaired) electrons. The number of rotatable bonds is 3. The number of hydrogen-bond donors (Lipinski definition) is 2. The Balaban J connectivity index is 1.83. The molecular formula is C13H18N4O2. The van der Waals surface area contributed by atoms with E-state index in [2.05, 4.69) is 15.6 Å². The van der Waals surface area contributed by atoms with Crippen molar-refractivity contribution in [3.63, 3.8) is 0 Å². The van der Waals surface area contributed by atoms with Gasteiger partial charge in [0.2, 0.25) is 5.91 Å². The Bertz CT molecular complexity index is 443. The number of likely N-dealkylation sites (tertiary alicyclic amines) is 1. The van der Waals surface area contributed by atoms with Gasteiger partial charge in [-0.2, -0.15) is 0 Å². The Kier molecular flexibility index (Phi) is 4.33. The monoisotopic (exact) mass is 262 g/mol. The molecule has 1 aromatic rings. The van der Waals surface area contributed by atoms with Gasteiger partial charge >= 0.3 is 6.03 Å². The van der Waals surface area contributed by atoms with E-state index in [0.29, 0.717) is 5.69 Å². The molecule has 1 saturated heterocycles. The number of nitrogens with zero attached hydrogens (tertiary/aromatic N) is 2. The first-order chi connectivity index (χ1) is 9.16. The normalized spacial score (nSPS) is 15.9. The quantitative estimate of drug-likeness (QED) is 0.860. The van der Waals surface area contributed by atoms with Crippen molar-refractivity contribution >= 4 is 17.6 Å². The van der Waals surface area contributed by atoms with Gasteiger partial charge in [0.25, 0.3) is 0 Å². The second-order valence-corrected chi connectivity index (χ2v) is 4.59. The van der Waals surface area contributed by atoms with Crippen molar-refractivity contribution in [2.45, 2.75) is 25.8 Å². The van der Waals surface area contributed by atoms with Gasteiger partial charge in [-0.15, -0.1) is 0 Å². The largest absolute Gasteiger partial charge is 0.341 e. The molecule has 6 nitrogen and oxygen atoms in total. The fourth-order valence-corrected chi connectivity index (χ4v) is 2.07. The number of hydrogen-bond acceptors (Lipinski definition) is 3. The average Bonchev–Trinajstić information content (AvgIpc) is 2.92. The van der Waals surface area contributed by atoms with Crippen molar-refractivity contribution in [2.75, 3.05) is 18.4 Å². The SMILES string of the molecule is CC(NC(=O)Nc1ccncc1)C(=O)N1CCCC1. The van der Waals surface area contributed by atoms with E-state index in [9.17, 15) is 9.59 Å². The van der Waals surface area contributed by atoms with Crippen LogP contribution in [0.25, 0.3) is 0 Å². The van der Waals surface area contributed by atoms with Crippen LogP contribution in [0.15, 0.2) is 24.5 Å². The molecule has 1 aliphatic rings. The summed E-state index contributed by atoms with van der Waals surface area (Å²) in [6.07, 6.45) is 5.27. The van der Waals surface area contributed by atoms with E-state index in [-0.39, 0.29) is 11.9 Å². The highest BCUT2D eigenvalue weighted by molar-refractivity contribution is 5.93. The highest BCUT2D eigenvalue weighted by atomic mass is 16.2. The molecule has 0 aromatic carbocycles. The first-order valence-corrected chi connectivity index (χ1v) is 6.43. The standard InChI is InChI=1S/C13H18N4O2/c1-10(12(18)17-8-2-3-9-17)15-13(19)16-11-4-6-14-7-5-11/h4-7,10H,2-3,8-9H2,1H3,(H2,14,15,16,19). The van der Waals surface area contributed by atoms with Crippen LogP contribution in [-0.4, -0.2) is 41.0 Å². The van der Waals surface area contributed by atoms with E-state index in [1.165, 1.54) is 0 Å². The fraction of sp³-hybridized carbons (Fsp3) is 0.462. The molecule has 1 unspecified atom stereocenters. The zero-order valence-electron chi connectivity index (χ0n) is 10.9. The summed E-state index contributed by atoms with van der Waals surface area (Å²) < 4.78 is 0. The van der Waals surface area contributed by atoms with Gasteiger partial charge in [-0.05, 0) is 31.9 Å². The van der Waals surface area contributed by atoms with Crippen molar-refractivity contribution in [3.8, 4) is 0 Å². The number of aromatic nitrogens is 1. The molecule has 6 heteroatoms. The van der Waals surface area contributed by atoms with Crippen LogP contribution in [0.3, 0.4) is 0 Å². The van der Waals surface area contributed by atoms with Crippen molar-refractivity contribution in [2.24, 2.45) is 0 Å². The van der Waals surface area contributed by atoms with Gasteiger partial charge in [-0.25, -0.2) is 4.79 Å². The number of amides is 3. The van der Waals surface area contributed by atoms with Gasteiger partial charge in [-0.3, -0.25) is 9.78 Å². The molecular weight excluding hydrogens is 244 g/mol. The number of pyridine rings is 1. The Morgan fingerprint density at radius 2 is 1.89 bits per heavy atom. The van der Waals surface area contributed by atoms with E-state index >= 15 is 0 Å². The van der Waals surface area contributed by atoms with Gasteiger partial charge < -0.3 is 15.5 Å². The van der Waals surface area contributed by atoms with Crippen LogP contribution in [0.4, 0.5) is 10.5 Å². The molecule has 19 heavy (non-hydrogen) atoms. The van der Waals surface area contributed by atoms with Gasteiger partial charge in [0.15, 0.2) is 0 Å². The molecule has 3 amide bonds. The lowest BCUT2D eigenvalue weighted by molar-refractivity contribution is -0.131. The van der Waals surface area contributed by atoms with Gasteiger partial charge in [0.05, 0.1) is 0 Å². The summed E-state index contributed by atoms with van der Waals surface area (Å²) in [4.78, 5) is 29.4. The van der Waals surface area contributed by atoms with E-state index < -0.39 is 6.04 Å². The predicted molar refractivity (Wildman–Crippen MR) is 71.7 cm³/mol. The highest BCUT2D eigenvalue weighted by Crippen LogP contribution is 2.09. The van der Waals surface area contributed by atoms with Crippen LogP contribution >= 0.6 is 0 Å². The van der Waals surface area contributed by atoms with Crippen LogP contribution in [0.2, 0.25) is 0 Å². The smallest absolute Gasteiger partial charge is 0.319 e. The molecule has 1 aliphatic heterocycles. The van der Waals surface area contributed by atoms with E-state index in [1.807, 2.05) is 0 Å². The molecule has 2 heterocycles. The molecule has 0 aliphatic carbocycles.